The van der Waals surface area contributed by atoms with Crippen molar-refractivity contribution in [2.45, 2.75) is 26.8 Å². The molecule has 1 aromatic heterocycles. The van der Waals surface area contributed by atoms with Crippen molar-refractivity contribution >= 4 is 17.3 Å². The summed E-state index contributed by atoms with van der Waals surface area (Å²) in [5, 5.41) is 13.8. The molecule has 0 bridgehead atoms. The summed E-state index contributed by atoms with van der Waals surface area (Å²) in [6.45, 7) is 5.85. The molecule has 0 spiro atoms. The predicted octanol–water partition coefficient (Wildman–Crippen LogP) is 4.23. The Balaban J connectivity index is 2.23. The lowest BCUT2D eigenvalue weighted by Gasteiger charge is -2.18. The first-order chi connectivity index (χ1) is 8.97. The smallest absolute Gasteiger partial charge is 0.129 e. The second-order valence-electron chi connectivity index (χ2n) is 4.70. The van der Waals surface area contributed by atoms with E-state index in [-0.39, 0.29) is 6.04 Å². The van der Waals surface area contributed by atoms with Crippen molar-refractivity contribution in [2.24, 2.45) is 0 Å². The molecule has 1 unspecified atom stereocenters. The van der Waals surface area contributed by atoms with Gasteiger partial charge in [-0.2, -0.15) is 0 Å². The highest BCUT2D eigenvalue weighted by atomic mass is 35.5. The van der Waals surface area contributed by atoms with Gasteiger partial charge in [0.25, 0.3) is 0 Å². The molecule has 4 heteroatoms. The van der Waals surface area contributed by atoms with Crippen LogP contribution in [-0.4, -0.2) is 10.1 Å². The number of hydrogen-bond donors (Lipinski definition) is 2. The number of aromatic nitrogens is 1. The molecule has 1 heterocycles. The topological polar surface area (TPSA) is 45.2 Å². The summed E-state index contributed by atoms with van der Waals surface area (Å²) >= 11 is 5.83. The molecule has 100 valence electrons. The molecule has 0 saturated carbocycles. The van der Waals surface area contributed by atoms with Gasteiger partial charge in [-0.25, -0.2) is 4.98 Å². The number of nitrogens with zero attached hydrogens (tertiary/aromatic N) is 1. The molecule has 3 nitrogen and oxygen atoms in total. The molecule has 1 aromatic carbocycles. The van der Waals surface area contributed by atoms with Crippen LogP contribution in [-0.2, 0) is 0 Å². The number of pyridine rings is 1. The zero-order valence-electron chi connectivity index (χ0n) is 11.2. The molecule has 1 atom stereocenters. The largest absolute Gasteiger partial charge is 0.508 e. The summed E-state index contributed by atoms with van der Waals surface area (Å²) in [5.74, 6) is 0.305. The first kappa shape index (κ1) is 13.7. The summed E-state index contributed by atoms with van der Waals surface area (Å²) in [6, 6.07) is 9.31. The summed E-state index contributed by atoms with van der Waals surface area (Å²) < 4.78 is 0. The van der Waals surface area contributed by atoms with Gasteiger partial charge in [0, 0.05) is 5.56 Å². The van der Waals surface area contributed by atoms with Crippen LogP contribution in [0.3, 0.4) is 0 Å². The van der Waals surface area contributed by atoms with Crippen LogP contribution in [0.4, 0.5) is 5.69 Å². The predicted molar refractivity (Wildman–Crippen MR) is 78.9 cm³/mol. The normalized spacial score (nSPS) is 12.2. The van der Waals surface area contributed by atoms with Crippen molar-refractivity contribution in [3.8, 4) is 5.75 Å². The number of anilines is 1. The average molecular weight is 277 g/mol. The molecule has 0 aliphatic carbocycles. The maximum absolute atomic E-state index is 9.98. The molecule has 0 aliphatic rings. The highest BCUT2D eigenvalue weighted by molar-refractivity contribution is 6.29. The Hall–Kier alpha value is -1.74. The van der Waals surface area contributed by atoms with Crippen LogP contribution >= 0.6 is 11.6 Å². The van der Waals surface area contributed by atoms with Crippen molar-refractivity contribution in [3.05, 3.63) is 52.3 Å². The fourth-order valence-electron chi connectivity index (χ4n) is 2.01. The van der Waals surface area contributed by atoms with Crippen molar-refractivity contribution in [1.82, 2.24) is 4.98 Å². The van der Waals surface area contributed by atoms with Crippen LogP contribution in [0.2, 0.25) is 5.15 Å². The van der Waals surface area contributed by atoms with Crippen molar-refractivity contribution in [3.63, 3.8) is 0 Å². The zero-order chi connectivity index (χ0) is 14.0. The van der Waals surface area contributed by atoms with Gasteiger partial charge in [-0.05, 0) is 44.5 Å². The molecule has 0 fully saturated rings. The van der Waals surface area contributed by atoms with Gasteiger partial charge in [-0.15, -0.1) is 0 Å². The van der Waals surface area contributed by atoms with Crippen molar-refractivity contribution in [1.29, 1.82) is 0 Å². The summed E-state index contributed by atoms with van der Waals surface area (Å²) in [7, 11) is 0. The van der Waals surface area contributed by atoms with Crippen LogP contribution in [0.25, 0.3) is 0 Å². The maximum atomic E-state index is 9.98. The quantitative estimate of drug-likeness (QED) is 0.825. The van der Waals surface area contributed by atoms with Crippen LogP contribution in [0, 0.1) is 13.8 Å². The van der Waals surface area contributed by atoms with E-state index in [0.29, 0.717) is 10.9 Å². The Labute approximate surface area is 118 Å². The number of aryl methyl sites for hydroxylation is 2. The molecule has 2 N–H and O–H groups in total. The fourth-order valence-corrected chi connectivity index (χ4v) is 2.20. The molecule has 19 heavy (non-hydrogen) atoms. The van der Waals surface area contributed by atoms with Gasteiger partial charge in [0.1, 0.15) is 10.9 Å². The number of aromatic hydroxyl groups is 1. The minimum atomic E-state index is -0.0118. The first-order valence-electron chi connectivity index (χ1n) is 6.16. The Kier molecular flexibility index (Phi) is 3.96. The Morgan fingerprint density at radius 3 is 2.58 bits per heavy atom. The van der Waals surface area contributed by atoms with Crippen LogP contribution in [0.5, 0.6) is 5.75 Å². The van der Waals surface area contributed by atoms with E-state index in [1.54, 1.807) is 12.1 Å². The highest BCUT2D eigenvalue weighted by Gasteiger charge is 2.11. The van der Waals surface area contributed by atoms with Gasteiger partial charge in [0.2, 0.25) is 0 Å². The lowest BCUT2D eigenvalue weighted by molar-refractivity contribution is 0.465. The number of rotatable bonds is 3. The number of phenolic OH excluding ortho intramolecular Hbond substituents is 1. The van der Waals surface area contributed by atoms with Gasteiger partial charge in [0.05, 0.1) is 17.4 Å². The third-order valence-corrected chi connectivity index (χ3v) is 3.29. The molecule has 0 saturated heterocycles. The lowest BCUT2D eigenvalue weighted by Crippen LogP contribution is -2.08. The van der Waals surface area contributed by atoms with Gasteiger partial charge in [0.15, 0.2) is 0 Å². The number of nitrogens with one attached hydrogen (secondary N) is 1. The van der Waals surface area contributed by atoms with E-state index in [9.17, 15) is 5.11 Å². The molecule has 0 aliphatic heterocycles. The van der Waals surface area contributed by atoms with Crippen LogP contribution in [0.1, 0.15) is 29.8 Å². The van der Waals surface area contributed by atoms with Gasteiger partial charge < -0.3 is 10.4 Å². The number of benzene rings is 1. The Bertz CT molecular complexity index is 599. The molecular weight excluding hydrogens is 260 g/mol. The maximum Gasteiger partial charge on any atom is 0.129 e. The number of phenols is 1. The van der Waals surface area contributed by atoms with Gasteiger partial charge >= 0.3 is 0 Å². The Morgan fingerprint density at radius 1 is 1.21 bits per heavy atom. The van der Waals surface area contributed by atoms with Gasteiger partial charge in [-0.3, -0.25) is 0 Å². The average Bonchev–Trinajstić information content (AvgIpc) is 2.32. The third kappa shape index (κ3) is 3.18. The molecule has 2 rings (SSSR count). The van der Waals surface area contributed by atoms with E-state index in [1.165, 1.54) is 0 Å². The highest BCUT2D eigenvalue weighted by Crippen LogP contribution is 2.28. The minimum absolute atomic E-state index is 0.0118. The zero-order valence-corrected chi connectivity index (χ0v) is 12.0. The van der Waals surface area contributed by atoms with E-state index < -0.39 is 0 Å². The second-order valence-corrected chi connectivity index (χ2v) is 5.08. The summed E-state index contributed by atoms with van der Waals surface area (Å²) in [4.78, 5) is 4.20. The monoisotopic (exact) mass is 276 g/mol. The second kappa shape index (κ2) is 5.49. The number of hydrogen-bond acceptors (Lipinski definition) is 3. The molecular formula is C15H17ClN2O. The van der Waals surface area contributed by atoms with Crippen molar-refractivity contribution in [2.75, 3.05) is 5.32 Å². The fraction of sp³-hybridized carbons (Fsp3) is 0.267. The minimum Gasteiger partial charge on any atom is -0.508 e. The molecule has 0 amide bonds. The van der Waals surface area contributed by atoms with E-state index >= 15 is 0 Å². The SMILES string of the molecule is Cc1ccc(C(C)Nc2ccc(Cl)nc2C)c(O)c1. The van der Waals surface area contributed by atoms with Crippen LogP contribution < -0.4 is 5.32 Å². The molecule has 0 radical (unpaired) electrons. The van der Waals surface area contributed by atoms with Crippen molar-refractivity contribution < 1.29 is 5.11 Å². The third-order valence-electron chi connectivity index (χ3n) is 3.08. The lowest BCUT2D eigenvalue weighted by atomic mass is 10.0. The standard InChI is InChI=1S/C15H17ClN2O/c1-9-4-5-12(14(19)8-9)10(2)17-13-6-7-15(16)18-11(13)3/h4-8,10,17,19H,1-3H3. The molecule has 2 aromatic rings. The summed E-state index contributed by atoms with van der Waals surface area (Å²) in [6.07, 6.45) is 0. The van der Waals surface area contributed by atoms with E-state index in [0.717, 1.165) is 22.5 Å². The van der Waals surface area contributed by atoms with Crippen LogP contribution in [0.15, 0.2) is 30.3 Å². The van der Waals surface area contributed by atoms with E-state index in [2.05, 4.69) is 10.3 Å². The summed E-state index contributed by atoms with van der Waals surface area (Å²) in [5.41, 5.74) is 3.65. The Morgan fingerprint density at radius 2 is 1.95 bits per heavy atom. The van der Waals surface area contributed by atoms with Gasteiger partial charge in [-0.1, -0.05) is 23.7 Å². The first-order valence-corrected chi connectivity index (χ1v) is 6.54. The van der Waals surface area contributed by atoms with E-state index in [4.69, 9.17) is 11.6 Å². The van der Waals surface area contributed by atoms with E-state index in [1.807, 2.05) is 39.0 Å². The number of halogens is 1.